The van der Waals surface area contributed by atoms with Crippen molar-refractivity contribution in [1.82, 2.24) is 5.32 Å². The van der Waals surface area contributed by atoms with Gasteiger partial charge in [0.2, 0.25) is 11.8 Å². The smallest absolute Gasteiger partial charge is 0.240 e. The Bertz CT molecular complexity index is 660. The number of methoxy groups -OCH3 is 1. The fourth-order valence-corrected chi connectivity index (χ4v) is 3.47. The number of ether oxygens (including phenoxy) is 1. The van der Waals surface area contributed by atoms with Gasteiger partial charge in [-0.2, -0.15) is 0 Å². The summed E-state index contributed by atoms with van der Waals surface area (Å²) < 4.78 is 5.02. The number of carbonyl (C=O) groups is 2. The number of thioether (sulfide) groups is 1. The van der Waals surface area contributed by atoms with Crippen molar-refractivity contribution in [2.45, 2.75) is 38.5 Å². The zero-order valence-corrected chi connectivity index (χ0v) is 15.2. The summed E-state index contributed by atoms with van der Waals surface area (Å²) in [4.78, 5) is 28.6. The largest absolute Gasteiger partial charge is 0.382 e. The van der Waals surface area contributed by atoms with Gasteiger partial charge in [-0.25, -0.2) is 0 Å². The zero-order valence-electron chi connectivity index (χ0n) is 14.4. The van der Waals surface area contributed by atoms with Gasteiger partial charge in [0.25, 0.3) is 0 Å². The van der Waals surface area contributed by atoms with Crippen molar-refractivity contribution in [3.63, 3.8) is 0 Å². The molecule has 7 heteroatoms. The molecule has 130 valence electrons. The zero-order chi connectivity index (χ0) is 17.7. The molecule has 1 saturated heterocycles. The first-order valence-corrected chi connectivity index (χ1v) is 8.68. The predicted octanol–water partition coefficient (Wildman–Crippen LogP) is 2.25. The minimum atomic E-state index is -0.454. The maximum atomic E-state index is 12.2. The predicted molar refractivity (Wildman–Crippen MR) is 97.5 cm³/mol. The third-order valence-electron chi connectivity index (χ3n) is 3.55. The SMILES string of the molecule is COCC(C)N=C1NC(=O)C(CC(=O)Nc2ccc(C)cc2C)S1. The number of benzene rings is 1. The summed E-state index contributed by atoms with van der Waals surface area (Å²) in [6, 6.07) is 5.79. The molecule has 1 aromatic rings. The molecule has 0 saturated carbocycles. The van der Waals surface area contributed by atoms with Crippen molar-refractivity contribution in [2.24, 2.45) is 4.99 Å². The lowest BCUT2D eigenvalue weighted by Gasteiger charge is -2.10. The lowest BCUT2D eigenvalue weighted by molar-refractivity contribution is -0.122. The molecule has 2 unspecified atom stereocenters. The van der Waals surface area contributed by atoms with E-state index in [1.165, 1.54) is 11.8 Å². The van der Waals surface area contributed by atoms with Crippen LogP contribution in [0.1, 0.15) is 24.5 Å². The van der Waals surface area contributed by atoms with E-state index in [9.17, 15) is 9.59 Å². The van der Waals surface area contributed by atoms with E-state index < -0.39 is 5.25 Å². The molecular weight excluding hydrogens is 326 g/mol. The van der Waals surface area contributed by atoms with Crippen LogP contribution in [0.4, 0.5) is 5.69 Å². The molecule has 1 aliphatic rings. The van der Waals surface area contributed by atoms with Crippen LogP contribution in [0.25, 0.3) is 0 Å². The van der Waals surface area contributed by atoms with Crippen LogP contribution in [-0.2, 0) is 14.3 Å². The maximum Gasteiger partial charge on any atom is 0.240 e. The normalized spacial score (nSPS) is 20.1. The Labute approximate surface area is 146 Å². The molecule has 0 spiro atoms. The van der Waals surface area contributed by atoms with E-state index in [1.54, 1.807) is 7.11 Å². The highest BCUT2D eigenvalue weighted by atomic mass is 32.2. The quantitative estimate of drug-likeness (QED) is 0.825. The average molecular weight is 349 g/mol. The second-order valence-corrected chi connectivity index (χ2v) is 7.10. The number of nitrogens with zero attached hydrogens (tertiary/aromatic N) is 1. The van der Waals surface area contributed by atoms with E-state index in [2.05, 4.69) is 15.6 Å². The molecule has 1 aromatic carbocycles. The summed E-state index contributed by atoms with van der Waals surface area (Å²) in [5, 5.41) is 5.68. The highest BCUT2D eigenvalue weighted by Gasteiger charge is 2.32. The van der Waals surface area contributed by atoms with Gasteiger partial charge in [-0.1, -0.05) is 29.5 Å². The molecule has 2 rings (SSSR count). The molecule has 24 heavy (non-hydrogen) atoms. The van der Waals surface area contributed by atoms with Gasteiger partial charge in [-0.05, 0) is 32.4 Å². The molecule has 1 heterocycles. The monoisotopic (exact) mass is 349 g/mol. The van der Waals surface area contributed by atoms with Gasteiger partial charge in [0.1, 0.15) is 5.25 Å². The summed E-state index contributed by atoms with van der Waals surface area (Å²) in [5.74, 6) is -0.361. The van der Waals surface area contributed by atoms with Crippen molar-refractivity contribution < 1.29 is 14.3 Å². The molecule has 2 amide bonds. The minimum Gasteiger partial charge on any atom is -0.382 e. The first-order chi connectivity index (χ1) is 11.4. The van der Waals surface area contributed by atoms with Crippen LogP contribution >= 0.6 is 11.8 Å². The van der Waals surface area contributed by atoms with Crippen molar-refractivity contribution >= 4 is 34.4 Å². The molecule has 0 bridgehead atoms. The van der Waals surface area contributed by atoms with Crippen LogP contribution in [0.15, 0.2) is 23.2 Å². The van der Waals surface area contributed by atoms with E-state index in [4.69, 9.17) is 4.74 Å². The standard InChI is InChI=1S/C17H23N3O3S/c1-10-5-6-13(11(2)7-10)19-15(21)8-14-16(22)20-17(24-14)18-12(3)9-23-4/h5-7,12,14H,8-9H2,1-4H3,(H,19,21)(H,18,20,22). The molecule has 2 atom stereocenters. The fraction of sp³-hybridized carbons (Fsp3) is 0.471. The van der Waals surface area contributed by atoms with Crippen LogP contribution in [0.3, 0.4) is 0 Å². The Kier molecular flexibility index (Phi) is 6.39. The van der Waals surface area contributed by atoms with Crippen LogP contribution in [-0.4, -0.2) is 42.0 Å². The van der Waals surface area contributed by atoms with E-state index in [0.717, 1.165) is 16.8 Å². The number of hydrogen-bond acceptors (Lipinski definition) is 5. The number of hydrogen-bond donors (Lipinski definition) is 2. The Morgan fingerprint density at radius 1 is 1.46 bits per heavy atom. The van der Waals surface area contributed by atoms with Crippen LogP contribution < -0.4 is 10.6 Å². The van der Waals surface area contributed by atoms with E-state index in [-0.39, 0.29) is 24.3 Å². The van der Waals surface area contributed by atoms with Crippen LogP contribution in [0.2, 0.25) is 0 Å². The highest BCUT2D eigenvalue weighted by Crippen LogP contribution is 2.24. The maximum absolute atomic E-state index is 12.2. The molecule has 0 radical (unpaired) electrons. The summed E-state index contributed by atoms with van der Waals surface area (Å²) in [6.45, 7) is 6.34. The van der Waals surface area contributed by atoms with E-state index >= 15 is 0 Å². The first-order valence-electron chi connectivity index (χ1n) is 7.80. The van der Waals surface area contributed by atoms with Crippen molar-refractivity contribution in [2.75, 3.05) is 19.0 Å². The van der Waals surface area contributed by atoms with Crippen LogP contribution in [0.5, 0.6) is 0 Å². The number of carbonyl (C=O) groups excluding carboxylic acids is 2. The Morgan fingerprint density at radius 2 is 2.21 bits per heavy atom. The first kappa shape index (κ1) is 18.5. The molecule has 0 aromatic heterocycles. The number of nitrogens with one attached hydrogen (secondary N) is 2. The van der Waals surface area contributed by atoms with Crippen molar-refractivity contribution in [3.05, 3.63) is 29.3 Å². The van der Waals surface area contributed by atoms with Crippen molar-refractivity contribution in [1.29, 1.82) is 0 Å². The topological polar surface area (TPSA) is 79.8 Å². The lowest BCUT2D eigenvalue weighted by atomic mass is 10.1. The minimum absolute atomic E-state index is 0.0411. The number of aryl methyl sites for hydroxylation is 2. The van der Waals surface area contributed by atoms with Gasteiger partial charge in [0.05, 0.1) is 12.6 Å². The van der Waals surface area contributed by atoms with Gasteiger partial charge >= 0.3 is 0 Å². The van der Waals surface area contributed by atoms with Gasteiger partial charge < -0.3 is 15.4 Å². The number of amides is 2. The summed E-state index contributed by atoms with van der Waals surface area (Å²) in [5.41, 5.74) is 2.92. The van der Waals surface area contributed by atoms with Crippen molar-refractivity contribution in [3.8, 4) is 0 Å². The Hall–Kier alpha value is -1.86. The summed E-state index contributed by atoms with van der Waals surface area (Å²) >= 11 is 1.29. The van der Waals surface area contributed by atoms with E-state index in [1.807, 2.05) is 39.0 Å². The number of anilines is 1. The van der Waals surface area contributed by atoms with Gasteiger partial charge in [0, 0.05) is 19.2 Å². The fourth-order valence-electron chi connectivity index (χ4n) is 2.40. The molecule has 0 aliphatic carbocycles. The van der Waals surface area contributed by atoms with E-state index in [0.29, 0.717) is 11.8 Å². The molecule has 1 fully saturated rings. The molecule has 2 N–H and O–H groups in total. The average Bonchev–Trinajstić information content (AvgIpc) is 2.81. The molecule has 6 nitrogen and oxygen atoms in total. The van der Waals surface area contributed by atoms with Gasteiger partial charge in [-0.15, -0.1) is 0 Å². The third kappa shape index (κ3) is 5.07. The Balaban J connectivity index is 1.93. The second-order valence-electron chi connectivity index (χ2n) is 5.91. The second kappa shape index (κ2) is 8.30. The summed E-state index contributed by atoms with van der Waals surface area (Å²) in [7, 11) is 1.61. The van der Waals surface area contributed by atoms with Gasteiger partial charge in [-0.3, -0.25) is 14.6 Å². The van der Waals surface area contributed by atoms with Crippen LogP contribution in [0, 0.1) is 13.8 Å². The molecular formula is C17H23N3O3S. The molecule has 1 aliphatic heterocycles. The number of amidine groups is 1. The number of aliphatic imine (C=N–C) groups is 1. The van der Waals surface area contributed by atoms with Gasteiger partial charge in [0.15, 0.2) is 5.17 Å². The highest BCUT2D eigenvalue weighted by molar-refractivity contribution is 8.15. The Morgan fingerprint density at radius 3 is 2.88 bits per heavy atom. The number of rotatable bonds is 6. The lowest BCUT2D eigenvalue weighted by Crippen LogP contribution is -2.28. The summed E-state index contributed by atoms with van der Waals surface area (Å²) in [6.07, 6.45) is 0.113. The third-order valence-corrected chi connectivity index (χ3v) is 4.64.